The molecule has 1 heterocycles. The zero-order valence-corrected chi connectivity index (χ0v) is 53.0. The van der Waals surface area contributed by atoms with Crippen molar-refractivity contribution in [2.45, 2.75) is 92.7 Å². The highest BCUT2D eigenvalue weighted by molar-refractivity contribution is 6.98. The van der Waals surface area contributed by atoms with Crippen LogP contribution in [0.15, 0.2) is 175 Å². The van der Waals surface area contributed by atoms with Crippen molar-refractivity contribution in [2.75, 3.05) is 52.7 Å². The van der Waals surface area contributed by atoms with Gasteiger partial charge in [0.25, 0.3) is 0 Å². The fraction of sp³-hybridized carbons (Fsp3) is 0.292. The van der Waals surface area contributed by atoms with Gasteiger partial charge >= 0.3 is 14.2 Å². The Morgan fingerprint density at radius 2 is 1.17 bits per heavy atom. The molecule has 0 saturated heterocycles. The third-order valence-electron chi connectivity index (χ3n) is 17.5. The number of fused-ring (bicyclic) bond motifs is 4. The van der Waals surface area contributed by atoms with Crippen LogP contribution in [0.2, 0.25) is 13.1 Å². The van der Waals surface area contributed by atoms with Crippen LogP contribution in [0, 0.1) is 13.8 Å². The van der Waals surface area contributed by atoms with E-state index in [4.69, 9.17) is 0 Å². The molecule has 0 atom stereocenters. The van der Waals surface area contributed by atoms with Gasteiger partial charge in [-0.2, -0.15) is 0 Å². The van der Waals surface area contributed by atoms with E-state index >= 15 is 0 Å². The molecule has 86 heavy (non-hydrogen) atoms. The third-order valence-corrected chi connectivity index (χ3v) is 21.0. The Balaban J connectivity index is 1.23. The largest absolute Gasteiger partial charge is 0.488 e. The summed E-state index contributed by atoms with van der Waals surface area (Å²) in [4.78, 5) is 32.4. The maximum atomic E-state index is 12.8. The van der Waals surface area contributed by atoms with Crippen LogP contribution in [0.1, 0.15) is 84.0 Å². The molecule has 11 nitrogen and oxygen atoms in total. The van der Waals surface area contributed by atoms with Crippen LogP contribution < -0.4 is 26.3 Å². The Hall–Kier alpha value is -7.52. The number of hydrogen-bond acceptors (Lipinski definition) is 9. The predicted octanol–water partition coefficient (Wildman–Crippen LogP) is 9.58. The SMILES string of the molecule is C=C(C)C(=O)CCCCN(Cc1ccccc1B(O)O)Cc1c2ccccc2c(CN(CCCNC(=O)C(=C)C)Cc2ccccc2B(O)O)c2ccc(-c3cc(C)c(C4=C5C=CC(=[N+](C)C)C=C5[Si](C)(C)c5cc(N(C)C)ccc54)cc3C)cc12. The minimum Gasteiger partial charge on any atom is -0.423 e. The molecule has 5 N–H and O–H groups in total. The van der Waals surface area contributed by atoms with E-state index in [-0.39, 0.29) is 11.7 Å². The molecular formula is C72H84B2N5O6Si+. The van der Waals surface area contributed by atoms with E-state index in [2.05, 4.69) is 184 Å². The first-order valence-corrected chi connectivity index (χ1v) is 33.1. The van der Waals surface area contributed by atoms with Gasteiger partial charge in [0.2, 0.25) is 5.91 Å². The van der Waals surface area contributed by atoms with Gasteiger partial charge in [-0.3, -0.25) is 19.4 Å². The van der Waals surface area contributed by atoms with Crippen LogP contribution in [-0.2, 0) is 35.8 Å². The summed E-state index contributed by atoms with van der Waals surface area (Å²) in [5.41, 5.74) is 17.7. The number of anilines is 1. The fourth-order valence-corrected chi connectivity index (χ4v) is 15.7. The molecule has 7 aromatic rings. The molecule has 14 heteroatoms. The van der Waals surface area contributed by atoms with Crippen molar-refractivity contribution >= 4 is 88.6 Å². The summed E-state index contributed by atoms with van der Waals surface area (Å²) in [6.07, 6.45) is 9.49. The van der Waals surface area contributed by atoms with Gasteiger partial charge in [0.1, 0.15) is 22.2 Å². The number of hydrogen-bond donors (Lipinski definition) is 5. The minimum absolute atomic E-state index is 0.0559. The number of carbonyl (C=O) groups excluding carboxylic acids is 2. The summed E-state index contributed by atoms with van der Waals surface area (Å²) in [5, 5.41) is 52.7. The Kier molecular flexibility index (Phi) is 19.8. The van der Waals surface area contributed by atoms with Crippen LogP contribution in [0.4, 0.5) is 5.69 Å². The fourth-order valence-electron chi connectivity index (χ4n) is 12.6. The van der Waals surface area contributed by atoms with Crippen molar-refractivity contribution in [2.24, 2.45) is 0 Å². The average molecular weight is 1170 g/mol. The Labute approximate surface area is 511 Å². The summed E-state index contributed by atoms with van der Waals surface area (Å²) in [6, 6.07) is 42.2. The van der Waals surface area contributed by atoms with Gasteiger partial charge < -0.3 is 30.3 Å². The monoisotopic (exact) mass is 1160 g/mol. The van der Waals surface area contributed by atoms with Crippen molar-refractivity contribution in [3.05, 3.63) is 219 Å². The zero-order chi connectivity index (χ0) is 61.7. The van der Waals surface area contributed by atoms with Gasteiger partial charge in [-0.05, 0) is 193 Å². The lowest BCUT2D eigenvalue weighted by Gasteiger charge is -2.38. The summed E-state index contributed by atoms with van der Waals surface area (Å²) < 4.78 is 2.20. The number of rotatable bonds is 24. The summed E-state index contributed by atoms with van der Waals surface area (Å²) in [6.45, 7) is 24.2. The molecule has 1 amide bonds. The molecule has 2 aliphatic rings. The van der Waals surface area contributed by atoms with E-state index in [0.29, 0.717) is 87.1 Å². The molecule has 0 saturated carbocycles. The standard InChI is InChI=1S/C72H83B2N5O6Si/c1-47(2)68(80)28-19-20-36-78(43-52-22-13-17-26-66(52)73(82)83)46-65-57-25-16-15-24-56(57)64(45-79(37-21-35-75-72(81)48(3)4)44-53-23-14-18-27-67(53)74(84)85)58-32-29-51(40-63(58)65)61-38-50(6)62(39-49(61)5)71-59-33-30-54(76(7)8)41-69(59)86(11,12)70-42-55(77(9)10)31-34-60(70)71/h13-18,22-27,29-34,38-42,82-85H,1,3,19-21,28,35-37,43-46H2,2,4-12H3/p+1. The van der Waals surface area contributed by atoms with Crippen molar-refractivity contribution in [3.63, 3.8) is 0 Å². The van der Waals surface area contributed by atoms with E-state index in [1.165, 1.54) is 49.6 Å². The van der Waals surface area contributed by atoms with Gasteiger partial charge in [-0.1, -0.05) is 129 Å². The molecule has 0 unspecified atom stereocenters. The second-order valence-corrected chi connectivity index (χ2v) is 28.9. The highest BCUT2D eigenvalue weighted by Gasteiger charge is 2.41. The molecule has 0 fully saturated rings. The van der Waals surface area contributed by atoms with Crippen molar-refractivity contribution in [3.8, 4) is 11.1 Å². The smallest absolute Gasteiger partial charge is 0.423 e. The number of amides is 1. The van der Waals surface area contributed by atoms with Gasteiger partial charge in [0.15, 0.2) is 11.5 Å². The first kappa shape index (κ1) is 63.0. The van der Waals surface area contributed by atoms with Gasteiger partial charge in [0.05, 0.1) is 0 Å². The molecule has 9 rings (SSSR count). The third kappa shape index (κ3) is 13.7. The highest BCUT2D eigenvalue weighted by Crippen LogP contribution is 2.45. The number of carbonyl (C=O) groups is 2. The Morgan fingerprint density at radius 3 is 1.76 bits per heavy atom. The number of benzene rings is 7. The lowest BCUT2D eigenvalue weighted by atomic mass is 9.77. The highest BCUT2D eigenvalue weighted by atomic mass is 28.3. The molecule has 1 aliphatic heterocycles. The van der Waals surface area contributed by atoms with Crippen LogP contribution in [0.3, 0.4) is 0 Å². The molecule has 0 bridgehead atoms. The lowest BCUT2D eigenvalue weighted by Crippen LogP contribution is -2.49. The predicted molar refractivity (Wildman–Crippen MR) is 361 cm³/mol. The molecule has 0 spiro atoms. The lowest BCUT2D eigenvalue weighted by molar-refractivity contribution is -0.462. The molecular weight excluding hydrogens is 1080 g/mol. The maximum Gasteiger partial charge on any atom is 0.488 e. The number of Topliss-reactive ketones (excluding diaryl/α,β-unsaturated/α-hetero) is 1. The number of nitrogens with zero attached hydrogens (tertiary/aromatic N) is 4. The molecule has 1 aliphatic carbocycles. The van der Waals surface area contributed by atoms with Gasteiger partial charge in [-0.15, -0.1) is 0 Å². The quantitative estimate of drug-likeness (QED) is 0.0132. The first-order chi connectivity index (χ1) is 41.0. The van der Waals surface area contributed by atoms with Crippen molar-refractivity contribution < 1.29 is 34.3 Å². The number of ketones is 1. The minimum atomic E-state index is -2.18. The molecule has 0 radical (unpaired) electrons. The van der Waals surface area contributed by atoms with Crippen molar-refractivity contribution in [1.82, 2.24) is 15.1 Å². The summed E-state index contributed by atoms with van der Waals surface area (Å²) in [7, 11) is 2.97. The van der Waals surface area contributed by atoms with Gasteiger partial charge in [-0.25, -0.2) is 4.58 Å². The van der Waals surface area contributed by atoms with Crippen LogP contribution in [0.5, 0.6) is 0 Å². The average Bonchev–Trinajstić information content (AvgIpc) is 0.752. The summed E-state index contributed by atoms with van der Waals surface area (Å²) >= 11 is 0. The zero-order valence-electron chi connectivity index (χ0n) is 52.0. The van der Waals surface area contributed by atoms with E-state index in [1.807, 2.05) is 36.4 Å². The molecule has 442 valence electrons. The number of aryl methyl sites for hydroxylation is 2. The topological polar surface area (TPSA) is 140 Å². The number of unbranched alkanes of at least 4 members (excludes halogenated alkanes) is 1. The second-order valence-electron chi connectivity index (χ2n) is 24.6. The number of allylic oxidation sites excluding steroid dienone is 6. The van der Waals surface area contributed by atoms with E-state index in [1.54, 1.807) is 26.0 Å². The molecule has 0 aromatic heterocycles. The van der Waals surface area contributed by atoms with E-state index in [9.17, 15) is 29.7 Å². The second kappa shape index (κ2) is 27.0. The maximum absolute atomic E-state index is 12.8. The normalized spacial score (nSPS) is 13.5. The molecule has 7 aromatic carbocycles. The van der Waals surface area contributed by atoms with Gasteiger partial charge in [0, 0.05) is 83.2 Å². The first-order valence-electron chi connectivity index (χ1n) is 30.1. The summed E-state index contributed by atoms with van der Waals surface area (Å²) in [5.74, 6) is -0.133. The Bertz CT molecular complexity index is 3930. The van der Waals surface area contributed by atoms with Crippen molar-refractivity contribution in [1.29, 1.82) is 0 Å². The van der Waals surface area contributed by atoms with E-state index < -0.39 is 22.3 Å². The van der Waals surface area contributed by atoms with Crippen LogP contribution in [0.25, 0.3) is 38.2 Å². The van der Waals surface area contributed by atoms with Crippen LogP contribution in [-0.4, -0.2) is 122 Å². The Morgan fingerprint density at radius 1 is 0.616 bits per heavy atom. The number of nitrogens with one attached hydrogen (secondary N) is 1. The van der Waals surface area contributed by atoms with E-state index in [0.717, 1.165) is 66.9 Å². The van der Waals surface area contributed by atoms with Crippen LogP contribution >= 0.6 is 0 Å².